The molecule has 0 aromatic heterocycles. The standard InChI is InChI=1S/C18H16OS/c19-18-16(11-14-7-3-1-4-8-14)13-17(20-18)12-15-9-5-2-6-10-15/h1-10,13,17H,11-12H2. The number of rotatable bonds is 4. The molecule has 0 saturated carbocycles. The van der Waals surface area contributed by atoms with Crippen LogP contribution in [0, 0.1) is 0 Å². The second kappa shape index (κ2) is 6.10. The Hall–Kier alpha value is -1.80. The average molecular weight is 280 g/mol. The Bertz CT molecular complexity index is 616. The van der Waals surface area contributed by atoms with Gasteiger partial charge in [0.1, 0.15) is 0 Å². The van der Waals surface area contributed by atoms with E-state index in [4.69, 9.17) is 0 Å². The molecule has 0 saturated heterocycles. The molecule has 1 heterocycles. The van der Waals surface area contributed by atoms with Gasteiger partial charge in [-0.2, -0.15) is 0 Å². The minimum Gasteiger partial charge on any atom is -0.282 e. The molecule has 20 heavy (non-hydrogen) atoms. The van der Waals surface area contributed by atoms with Gasteiger partial charge < -0.3 is 0 Å². The summed E-state index contributed by atoms with van der Waals surface area (Å²) >= 11 is 1.46. The van der Waals surface area contributed by atoms with Crippen LogP contribution in [0.25, 0.3) is 0 Å². The third-order valence-corrected chi connectivity index (χ3v) is 4.51. The first kappa shape index (κ1) is 13.2. The number of hydrogen-bond donors (Lipinski definition) is 0. The minimum absolute atomic E-state index is 0.231. The fraction of sp³-hybridized carbons (Fsp3) is 0.167. The number of carbonyl (C=O) groups excluding carboxylic acids is 1. The maximum absolute atomic E-state index is 12.1. The Labute approximate surface area is 123 Å². The largest absolute Gasteiger partial charge is 0.282 e. The number of hydrogen-bond acceptors (Lipinski definition) is 2. The normalized spacial score (nSPS) is 18.1. The van der Waals surface area contributed by atoms with Gasteiger partial charge in [-0.1, -0.05) is 78.5 Å². The first-order chi connectivity index (χ1) is 9.81. The predicted molar refractivity (Wildman–Crippen MR) is 84.8 cm³/mol. The molecule has 0 aliphatic carbocycles. The lowest BCUT2D eigenvalue weighted by Crippen LogP contribution is -2.00. The maximum Gasteiger partial charge on any atom is 0.215 e. The zero-order valence-electron chi connectivity index (χ0n) is 11.2. The van der Waals surface area contributed by atoms with Gasteiger partial charge in [0.15, 0.2) is 0 Å². The Morgan fingerprint density at radius 3 is 2.10 bits per heavy atom. The van der Waals surface area contributed by atoms with Crippen molar-refractivity contribution in [2.24, 2.45) is 0 Å². The molecule has 1 unspecified atom stereocenters. The van der Waals surface area contributed by atoms with Crippen LogP contribution in [-0.2, 0) is 17.6 Å². The van der Waals surface area contributed by atoms with Crippen LogP contribution in [0.2, 0.25) is 0 Å². The lowest BCUT2D eigenvalue weighted by molar-refractivity contribution is -0.107. The summed E-state index contributed by atoms with van der Waals surface area (Å²) in [4.78, 5) is 12.1. The fourth-order valence-electron chi connectivity index (χ4n) is 2.43. The average Bonchev–Trinajstić information content (AvgIpc) is 2.81. The third-order valence-electron chi connectivity index (χ3n) is 3.42. The summed E-state index contributed by atoms with van der Waals surface area (Å²) in [5.74, 6) is 0. The van der Waals surface area contributed by atoms with Crippen molar-refractivity contribution in [3.8, 4) is 0 Å². The second-order valence-electron chi connectivity index (χ2n) is 4.99. The summed E-state index contributed by atoms with van der Waals surface area (Å²) in [6.07, 6.45) is 3.82. The highest BCUT2D eigenvalue weighted by molar-refractivity contribution is 8.15. The van der Waals surface area contributed by atoms with Crippen LogP contribution in [0.3, 0.4) is 0 Å². The highest BCUT2D eigenvalue weighted by Crippen LogP contribution is 2.31. The van der Waals surface area contributed by atoms with Gasteiger partial charge in [0.2, 0.25) is 5.12 Å². The second-order valence-corrected chi connectivity index (χ2v) is 6.20. The van der Waals surface area contributed by atoms with E-state index in [-0.39, 0.29) is 10.4 Å². The summed E-state index contributed by atoms with van der Waals surface area (Å²) in [6, 6.07) is 20.5. The van der Waals surface area contributed by atoms with E-state index in [1.54, 1.807) is 0 Å². The van der Waals surface area contributed by atoms with Crippen molar-refractivity contribution in [3.63, 3.8) is 0 Å². The fourth-order valence-corrected chi connectivity index (χ4v) is 3.51. The zero-order chi connectivity index (χ0) is 13.8. The first-order valence-corrected chi connectivity index (χ1v) is 7.69. The van der Waals surface area contributed by atoms with E-state index < -0.39 is 0 Å². The lowest BCUT2D eigenvalue weighted by Gasteiger charge is -2.04. The smallest absolute Gasteiger partial charge is 0.215 e. The molecule has 0 amide bonds. The molecule has 0 N–H and O–H groups in total. The van der Waals surface area contributed by atoms with Gasteiger partial charge in [-0.15, -0.1) is 0 Å². The van der Waals surface area contributed by atoms with Gasteiger partial charge in [-0.3, -0.25) is 4.79 Å². The Balaban J connectivity index is 1.69. The SMILES string of the molecule is O=C1SC(Cc2ccccc2)C=C1Cc1ccccc1. The van der Waals surface area contributed by atoms with Crippen LogP contribution < -0.4 is 0 Å². The van der Waals surface area contributed by atoms with E-state index in [0.29, 0.717) is 0 Å². The van der Waals surface area contributed by atoms with E-state index in [0.717, 1.165) is 18.4 Å². The lowest BCUT2D eigenvalue weighted by atomic mass is 10.0. The van der Waals surface area contributed by atoms with Gasteiger partial charge in [-0.05, 0) is 17.5 Å². The summed E-state index contributed by atoms with van der Waals surface area (Å²) in [5, 5.41) is 0.512. The zero-order valence-corrected chi connectivity index (χ0v) is 12.0. The van der Waals surface area contributed by atoms with Crippen molar-refractivity contribution < 1.29 is 4.79 Å². The van der Waals surface area contributed by atoms with Crippen molar-refractivity contribution >= 4 is 16.9 Å². The molecule has 0 fully saturated rings. The molecule has 1 aliphatic rings. The van der Waals surface area contributed by atoms with Gasteiger partial charge in [0, 0.05) is 17.2 Å². The molecule has 0 radical (unpaired) electrons. The van der Waals surface area contributed by atoms with Crippen molar-refractivity contribution in [2.45, 2.75) is 18.1 Å². The van der Waals surface area contributed by atoms with Crippen LogP contribution in [0.4, 0.5) is 0 Å². The van der Waals surface area contributed by atoms with Crippen molar-refractivity contribution in [1.82, 2.24) is 0 Å². The van der Waals surface area contributed by atoms with E-state index >= 15 is 0 Å². The van der Waals surface area contributed by atoms with E-state index in [1.165, 1.54) is 22.9 Å². The van der Waals surface area contributed by atoms with E-state index in [9.17, 15) is 4.79 Å². The molecule has 1 nitrogen and oxygen atoms in total. The molecule has 0 spiro atoms. The van der Waals surface area contributed by atoms with Crippen LogP contribution in [0.1, 0.15) is 11.1 Å². The third kappa shape index (κ3) is 3.20. The molecule has 100 valence electrons. The van der Waals surface area contributed by atoms with Gasteiger partial charge in [0.05, 0.1) is 0 Å². The highest BCUT2D eigenvalue weighted by atomic mass is 32.2. The molecule has 2 aromatic rings. The summed E-state index contributed by atoms with van der Waals surface area (Å²) in [6.45, 7) is 0. The molecule has 1 aliphatic heterocycles. The monoisotopic (exact) mass is 280 g/mol. The first-order valence-electron chi connectivity index (χ1n) is 6.81. The van der Waals surface area contributed by atoms with E-state index in [1.807, 2.05) is 36.4 Å². The van der Waals surface area contributed by atoms with Crippen molar-refractivity contribution in [1.29, 1.82) is 0 Å². The summed E-state index contributed by atoms with van der Waals surface area (Å²) < 4.78 is 0. The molecular formula is C18H16OS. The number of carbonyl (C=O) groups is 1. The summed E-state index contributed by atoms with van der Waals surface area (Å²) in [5.41, 5.74) is 3.44. The van der Waals surface area contributed by atoms with Crippen molar-refractivity contribution in [3.05, 3.63) is 83.4 Å². The quantitative estimate of drug-likeness (QED) is 0.840. The molecule has 2 aromatic carbocycles. The van der Waals surface area contributed by atoms with Gasteiger partial charge in [-0.25, -0.2) is 0 Å². The van der Waals surface area contributed by atoms with Crippen LogP contribution in [-0.4, -0.2) is 10.4 Å². The van der Waals surface area contributed by atoms with Gasteiger partial charge in [0.25, 0.3) is 0 Å². The van der Waals surface area contributed by atoms with Gasteiger partial charge >= 0.3 is 0 Å². The predicted octanol–water partition coefficient (Wildman–Crippen LogP) is 4.04. The number of thioether (sulfide) groups is 1. The minimum atomic E-state index is 0.231. The Morgan fingerprint density at radius 2 is 1.45 bits per heavy atom. The van der Waals surface area contributed by atoms with Crippen LogP contribution >= 0.6 is 11.8 Å². The highest BCUT2D eigenvalue weighted by Gasteiger charge is 2.24. The summed E-state index contributed by atoms with van der Waals surface area (Å²) in [7, 11) is 0. The molecule has 1 atom stereocenters. The Kier molecular flexibility index (Phi) is 4.03. The topological polar surface area (TPSA) is 17.1 Å². The maximum atomic E-state index is 12.1. The molecule has 0 bridgehead atoms. The van der Waals surface area contributed by atoms with Crippen LogP contribution in [0.15, 0.2) is 72.3 Å². The van der Waals surface area contributed by atoms with Crippen LogP contribution in [0.5, 0.6) is 0 Å². The van der Waals surface area contributed by atoms with E-state index in [2.05, 4.69) is 30.3 Å². The number of benzene rings is 2. The molecular weight excluding hydrogens is 264 g/mol. The van der Waals surface area contributed by atoms with Crippen molar-refractivity contribution in [2.75, 3.05) is 0 Å². The molecule has 2 heteroatoms. The molecule has 3 rings (SSSR count). The Morgan fingerprint density at radius 1 is 0.850 bits per heavy atom.